The van der Waals surface area contributed by atoms with Crippen LogP contribution in [0.1, 0.15) is 36.4 Å². The van der Waals surface area contributed by atoms with Crippen molar-refractivity contribution in [2.45, 2.75) is 32.2 Å². The van der Waals surface area contributed by atoms with E-state index >= 15 is 0 Å². The van der Waals surface area contributed by atoms with Gasteiger partial charge in [0.15, 0.2) is 0 Å². The van der Waals surface area contributed by atoms with E-state index in [0.29, 0.717) is 23.4 Å². The average Bonchev–Trinajstić information content (AvgIpc) is 3.14. The summed E-state index contributed by atoms with van der Waals surface area (Å²) < 4.78 is 1.45. The molecule has 1 amide bonds. The standard InChI is InChI=1S/C12H17N5O2S/c1-3-12(4-2,7-18)14-11(19)10-9(5-6-20-10)17-8-13-15-16-17/h5-6,8,18H,3-4,7H2,1-2H3,(H,14,19). The number of nitrogens with one attached hydrogen (secondary N) is 1. The molecule has 2 aromatic rings. The van der Waals surface area contributed by atoms with Crippen LogP contribution in [0.15, 0.2) is 17.8 Å². The number of hydrogen-bond acceptors (Lipinski definition) is 6. The molecule has 0 atom stereocenters. The number of carbonyl (C=O) groups excluding carboxylic acids is 1. The molecule has 0 aliphatic rings. The van der Waals surface area contributed by atoms with Gasteiger partial charge in [-0.25, -0.2) is 0 Å². The maximum atomic E-state index is 12.4. The highest BCUT2D eigenvalue weighted by atomic mass is 32.1. The van der Waals surface area contributed by atoms with Gasteiger partial charge in [0.05, 0.1) is 17.8 Å². The smallest absolute Gasteiger partial charge is 0.264 e. The first-order valence-electron chi connectivity index (χ1n) is 6.40. The minimum Gasteiger partial charge on any atom is -0.394 e. The van der Waals surface area contributed by atoms with Crippen LogP contribution in [0.5, 0.6) is 0 Å². The second kappa shape index (κ2) is 6.10. The molecule has 2 rings (SSSR count). The van der Waals surface area contributed by atoms with Crippen LogP contribution in [0.3, 0.4) is 0 Å². The minimum absolute atomic E-state index is 0.0860. The zero-order valence-electron chi connectivity index (χ0n) is 11.4. The number of rotatable bonds is 6. The van der Waals surface area contributed by atoms with Gasteiger partial charge < -0.3 is 10.4 Å². The number of carbonyl (C=O) groups is 1. The predicted octanol–water partition coefficient (Wildman–Crippen LogP) is 1.00. The van der Waals surface area contributed by atoms with Crippen LogP contribution in [-0.2, 0) is 0 Å². The molecule has 8 heteroatoms. The van der Waals surface area contributed by atoms with Crippen LogP contribution < -0.4 is 5.32 Å². The number of aliphatic hydroxyl groups excluding tert-OH is 1. The molecule has 0 radical (unpaired) electrons. The summed E-state index contributed by atoms with van der Waals surface area (Å²) >= 11 is 1.32. The van der Waals surface area contributed by atoms with Crippen molar-refractivity contribution in [3.8, 4) is 5.69 Å². The van der Waals surface area contributed by atoms with Crippen molar-refractivity contribution < 1.29 is 9.90 Å². The predicted molar refractivity (Wildman–Crippen MR) is 74.9 cm³/mol. The third-order valence-electron chi connectivity index (χ3n) is 3.48. The van der Waals surface area contributed by atoms with Gasteiger partial charge in [-0.1, -0.05) is 13.8 Å². The minimum atomic E-state index is -0.584. The van der Waals surface area contributed by atoms with Gasteiger partial charge in [0.1, 0.15) is 11.2 Å². The molecule has 0 unspecified atom stereocenters. The Bertz CT molecular complexity index is 554. The molecular formula is C12H17N5O2S. The number of amides is 1. The van der Waals surface area contributed by atoms with Crippen molar-refractivity contribution in [2.24, 2.45) is 0 Å². The van der Waals surface area contributed by atoms with Crippen LogP contribution in [0, 0.1) is 0 Å². The van der Waals surface area contributed by atoms with E-state index in [-0.39, 0.29) is 12.5 Å². The van der Waals surface area contributed by atoms with Crippen LogP contribution in [0.4, 0.5) is 0 Å². The topological polar surface area (TPSA) is 92.9 Å². The van der Waals surface area contributed by atoms with Crippen molar-refractivity contribution in [2.75, 3.05) is 6.61 Å². The van der Waals surface area contributed by atoms with E-state index in [2.05, 4.69) is 20.8 Å². The number of thiophene rings is 1. The molecule has 20 heavy (non-hydrogen) atoms. The fraction of sp³-hybridized carbons (Fsp3) is 0.500. The average molecular weight is 295 g/mol. The molecule has 0 aromatic carbocycles. The zero-order chi connectivity index (χ0) is 14.6. The van der Waals surface area contributed by atoms with E-state index in [1.54, 1.807) is 6.07 Å². The summed E-state index contributed by atoms with van der Waals surface area (Å²) in [5.41, 5.74) is 0.0513. The Morgan fingerprint density at radius 2 is 2.25 bits per heavy atom. The normalized spacial score (nSPS) is 11.6. The van der Waals surface area contributed by atoms with E-state index in [9.17, 15) is 9.90 Å². The van der Waals surface area contributed by atoms with E-state index in [0.717, 1.165) is 0 Å². The highest BCUT2D eigenvalue weighted by Gasteiger charge is 2.29. The Hall–Kier alpha value is -1.80. The maximum Gasteiger partial charge on any atom is 0.264 e. The molecule has 2 heterocycles. The lowest BCUT2D eigenvalue weighted by Crippen LogP contribution is -2.50. The molecule has 0 aliphatic carbocycles. The van der Waals surface area contributed by atoms with E-state index in [4.69, 9.17) is 0 Å². The Balaban J connectivity index is 2.25. The van der Waals surface area contributed by atoms with Crippen LogP contribution >= 0.6 is 11.3 Å². The van der Waals surface area contributed by atoms with Gasteiger partial charge in [0, 0.05) is 0 Å². The van der Waals surface area contributed by atoms with Crippen molar-refractivity contribution in [1.82, 2.24) is 25.5 Å². The largest absolute Gasteiger partial charge is 0.394 e. The van der Waals surface area contributed by atoms with E-state index < -0.39 is 5.54 Å². The summed E-state index contributed by atoms with van der Waals surface area (Å²) in [6.07, 6.45) is 2.77. The summed E-state index contributed by atoms with van der Waals surface area (Å²) in [6, 6.07) is 1.79. The molecule has 2 N–H and O–H groups in total. The lowest BCUT2D eigenvalue weighted by Gasteiger charge is -2.30. The second-order valence-corrected chi connectivity index (χ2v) is 5.41. The summed E-state index contributed by atoms with van der Waals surface area (Å²) in [4.78, 5) is 12.9. The number of aromatic nitrogens is 4. The number of tetrazole rings is 1. The Morgan fingerprint density at radius 1 is 1.50 bits per heavy atom. The van der Waals surface area contributed by atoms with E-state index in [1.165, 1.54) is 22.3 Å². The number of aliphatic hydroxyl groups is 1. The van der Waals surface area contributed by atoms with Crippen LogP contribution in [-0.4, -0.2) is 43.4 Å². The molecule has 0 saturated heterocycles. The van der Waals surface area contributed by atoms with Gasteiger partial charge in [-0.2, -0.15) is 4.68 Å². The van der Waals surface area contributed by atoms with Gasteiger partial charge in [-0.15, -0.1) is 16.4 Å². The molecular weight excluding hydrogens is 278 g/mol. The van der Waals surface area contributed by atoms with Gasteiger partial charge >= 0.3 is 0 Å². The van der Waals surface area contributed by atoms with Crippen molar-refractivity contribution in [3.05, 3.63) is 22.7 Å². The number of hydrogen-bond donors (Lipinski definition) is 2. The van der Waals surface area contributed by atoms with Crippen molar-refractivity contribution in [3.63, 3.8) is 0 Å². The summed E-state index contributed by atoms with van der Waals surface area (Å²) in [6.45, 7) is 3.80. The fourth-order valence-electron chi connectivity index (χ4n) is 1.91. The van der Waals surface area contributed by atoms with E-state index in [1.807, 2.05) is 19.2 Å². The fourth-order valence-corrected chi connectivity index (χ4v) is 2.69. The molecule has 0 fully saturated rings. The quantitative estimate of drug-likeness (QED) is 0.829. The first kappa shape index (κ1) is 14.6. The van der Waals surface area contributed by atoms with Crippen molar-refractivity contribution >= 4 is 17.2 Å². The third kappa shape index (κ3) is 2.70. The lowest BCUT2D eigenvalue weighted by molar-refractivity contribution is 0.0822. The highest BCUT2D eigenvalue weighted by Crippen LogP contribution is 2.22. The Labute approximate surface area is 120 Å². The summed E-state index contributed by atoms with van der Waals surface area (Å²) in [5.74, 6) is -0.219. The molecule has 108 valence electrons. The molecule has 0 bridgehead atoms. The Morgan fingerprint density at radius 3 is 2.80 bits per heavy atom. The van der Waals surface area contributed by atoms with Gasteiger partial charge in [0.25, 0.3) is 5.91 Å². The molecule has 0 aliphatic heterocycles. The summed E-state index contributed by atoms with van der Waals surface area (Å²) in [7, 11) is 0. The third-order valence-corrected chi connectivity index (χ3v) is 4.38. The van der Waals surface area contributed by atoms with Gasteiger partial charge in [-0.3, -0.25) is 4.79 Å². The van der Waals surface area contributed by atoms with Gasteiger partial charge in [-0.05, 0) is 34.7 Å². The first-order valence-corrected chi connectivity index (χ1v) is 7.28. The monoisotopic (exact) mass is 295 g/mol. The summed E-state index contributed by atoms with van der Waals surface area (Å²) in [5, 5.41) is 25.2. The maximum absolute atomic E-state index is 12.4. The molecule has 0 saturated carbocycles. The van der Waals surface area contributed by atoms with Crippen LogP contribution in [0.2, 0.25) is 0 Å². The molecule has 7 nitrogen and oxygen atoms in total. The Kier molecular flexibility index (Phi) is 4.46. The second-order valence-electron chi connectivity index (χ2n) is 4.49. The first-order chi connectivity index (χ1) is 9.65. The van der Waals surface area contributed by atoms with Crippen molar-refractivity contribution in [1.29, 1.82) is 0 Å². The number of nitrogens with zero attached hydrogens (tertiary/aromatic N) is 4. The van der Waals surface area contributed by atoms with Crippen LogP contribution in [0.25, 0.3) is 5.69 Å². The highest BCUT2D eigenvalue weighted by molar-refractivity contribution is 7.12. The molecule has 0 spiro atoms. The SMILES string of the molecule is CCC(CC)(CO)NC(=O)c1sccc1-n1cnnn1. The lowest BCUT2D eigenvalue weighted by atomic mass is 9.94. The molecule has 2 aromatic heterocycles. The van der Waals surface area contributed by atoms with Gasteiger partial charge in [0.2, 0.25) is 0 Å². The zero-order valence-corrected chi connectivity index (χ0v) is 12.2.